The summed E-state index contributed by atoms with van der Waals surface area (Å²) in [5.74, 6) is -1.80. The second kappa shape index (κ2) is 21.1. The smallest absolute Gasteiger partial charge is 0.224 e. The van der Waals surface area contributed by atoms with Gasteiger partial charge >= 0.3 is 0 Å². The second-order valence-corrected chi connectivity index (χ2v) is 9.79. The van der Waals surface area contributed by atoms with E-state index < -0.39 is 17.9 Å². The summed E-state index contributed by atoms with van der Waals surface area (Å²) >= 11 is 0. The SMILES string of the molecule is [3H]c1cn(CCOCCOCCCC(=O)[C@@H](CC(C)C)NC(=O)[C@@H](CC(C)=O)CC(=O)NCCNCCN)nn1. The molecule has 1 heterocycles. The van der Waals surface area contributed by atoms with E-state index in [1.165, 1.54) is 17.8 Å². The second-order valence-electron chi connectivity index (χ2n) is 9.79. The number of Topliss-reactive ketones (excluding diaryl/α,β-unsaturated/α-hetero) is 2. The number of carbonyl (C=O) groups is 4. The van der Waals surface area contributed by atoms with Crippen LogP contribution in [0.1, 0.15) is 54.2 Å². The lowest BCUT2D eigenvalue weighted by Gasteiger charge is -2.23. The number of rotatable bonds is 24. The van der Waals surface area contributed by atoms with Gasteiger partial charge in [-0.15, -0.1) is 5.10 Å². The van der Waals surface area contributed by atoms with Crippen LogP contribution in [0.5, 0.6) is 0 Å². The maximum absolute atomic E-state index is 13.0. The molecule has 2 amide bonds. The molecule has 13 heteroatoms. The fourth-order valence-corrected chi connectivity index (χ4v) is 3.76. The van der Waals surface area contributed by atoms with Gasteiger partial charge in [-0.05, 0) is 25.7 Å². The molecule has 0 unspecified atom stereocenters. The van der Waals surface area contributed by atoms with Crippen LogP contribution in [0.15, 0.2) is 12.4 Å². The lowest BCUT2D eigenvalue weighted by molar-refractivity contribution is -0.134. The Balaban J connectivity index is 2.42. The monoisotopic (exact) mass is 555 g/mol. The number of nitrogens with zero attached hydrogens (tertiary/aromatic N) is 3. The van der Waals surface area contributed by atoms with E-state index in [0.29, 0.717) is 72.0 Å². The third-order valence-corrected chi connectivity index (χ3v) is 5.67. The van der Waals surface area contributed by atoms with Gasteiger partial charge in [0.1, 0.15) is 5.78 Å². The largest absolute Gasteiger partial charge is 0.379 e. The van der Waals surface area contributed by atoms with Gasteiger partial charge in [-0.25, -0.2) is 0 Å². The summed E-state index contributed by atoms with van der Waals surface area (Å²) in [6.07, 6.45) is 2.59. The van der Waals surface area contributed by atoms with Crippen molar-refractivity contribution in [2.75, 3.05) is 52.6 Å². The van der Waals surface area contributed by atoms with Crippen LogP contribution in [0.3, 0.4) is 0 Å². The van der Waals surface area contributed by atoms with E-state index >= 15 is 0 Å². The molecule has 0 radical (unpaired) electrons. The van der Waals surface area contributed by atoms with E-state index in [2.05, 4.69) is 26.3 Å². The average molecular weight is 556 g/mol. The first-order valence-electron chi connectivity index (χ1n) is 14.1. The zero-order valence-corrected chi connectivity index (χ0v) is 23.6. The molecular formula is C26H47N7O6. The van der Waals surface area contributed by atoms with Crippen LogP contribution >= 0.6 is 0 Å². The standard InChI is InChI=1S/C26H47N7O6/c1-20(2)17-23(24(35)5-4-13-38-15-16-39-14-12-33-11-10-30-32-33)31-26(37)22(18-21(3)34)19-25(36)29-9-8-28-7-6-27/h10-11,20,22-23,28H,4-9,12-19,27H2,1-3H3,(H,29,36)(H,31,37)/t22-,23+/m0/s1/i10T. The van der Waals surface area contributed by atoms with Gasteiger partial charge in [0.05, 0.1) is 45.9 Å². The van der Waals surface area contributed by atoms with Crippen molar-refractivity contribution in [3.8, 4) is 0 Å². The topological polar surface area (TPSA) is 180 Å². The Labute approximate surface area is 232 Å². The number of hydrogen-bond donors (Lipinski definition) is 4. The molecule has 1 aromatic rings. The van der Waals surface area contributed by atoms with Crippen molar-refractivity contribution in [2.24, 2.45) is 17.6 Å². The molecule has 13 nitrogen and oxygen atoms in total. The molecule has 0 fully saturated rings. The van der Waals surface area contributed by atoms with Gasteiger partial charge in [0, 0.05) is 58.2 Å². The Kier molecular flexibility index (Phi) is 17.6. The van der Waals surface area contributed by atoms with Gasteiger partial charge in [-0.3, -0.25) is 19.1 Å². The first kappa shape index (κ1) is 32.5. The van der Waals surface area contributed by atoms with Gasteiger partial charge in [0.15, 0.2) is 5.78 Å². The van der Waals surface area contributed by atoms with Crippen molar-refractivity contribution in [2.45, 2.75) is 65.5 Å². The van der Waals surface area contributed by atoms with Crippen LogP contribution in [0.2, 0.25) is 0 Å². The molecule has 222 valence electrons. The Morgan fingerprint density at radius 1 is 1.05 bits per heavy atom. The van der Waals surface area contributed by atoms with Crippen molar-refractivity contribution in [3.05, 3.63) is 12.4 Å². The Morgan fingerprint density at radius 2 is 1.79 bits per heavy atom. The summed E-state index contributed by atoms with van der Waals surface area (Å²) in [4.78, 5) is 50.1. The lowest BCUT2D eigenvalue weighted by Crippen LogP contribution is -2.46. The molecule has 39 heavy (non-hydrogen) atoms. The highest BCUT2D eigenvalue weighted by Gasteiger charge is 2.28. The van der Waals surface area contributed by atoms with Gasteiger partial charge in [-0.2, -0.15) is 0 Å². The fraction of sp³-hybridized carbons (Fsp3) is 0.769. The van der Waals surface area contributed by atoms with E-state index in [-0.39, 0.29) is 48.8 Å². The van der Waals surface area contributed by atoms with Crippen LogP contribution in [0.25, 0.3) is 0 Å². The third kappa shape index (κ3) is 17.5. The molecule has 0 bridgehead atoms. The number of hydrogen-bond acceptors (Lipinski definition) is 10. The molecule has 0 saturated heterocycles. The van der Waals surface area contributed by atoms with Crippen LogP contribution in [-0.4, -0.2) is 97.0 Å². The number of ketones is 2. The summed E-state index contributed by atoms with van der Waals surface area (Å²) in [5.41, 5.74) is 5.42. The molecule has 0 aliphatic carbocycles. The zero-order valence-electron chi connectivity index (χ0n) is 24.6. The molecule has 0 aliphatic rings. The molecule has 0 spiro atoms. The van der Waals surface area contributed by atoms with Crippen molar-refractivity contribution in [1.29, 1.82) is 0 Å². The maximum atomic E-state index is 13.0. The van der Waals surface area contributed by atoms with Crippen molar-refractivity contribution in [3.63, 3.8) is 0 Å². The maximum Gasteiger partial charge on any atom is 0.224 e. The summed E-state index contributed by atoms with van der Waals surface area (Å²) < 4.78 is 19.9. The molecule has 0 aliphatic heterocycles. The van der Waals surface area contributed by atoms with E-state index in [1.54, 1.807) is 0 Å². The predicted octanol–water partition coefficient (Wildman–Crippen LogP) is -0.159. The first-order chi connectivity index (χ1) is 19.1. The Bertz CT molecular complexity index is 899. The molecule has 1 aromatic heterocycles. The predicted molar refractivity (Wildman–Crippen MR) is 146 cm³/mol. The van der Waals surface area contributed by atoms with E-state index in [4.69, 9.17) is 16.6 Å². The number of aromatic nitrogens is 3. The molecule has 1 rings (SSSR count). The zero-order chi connectivity index (χ0) is 29.8. The minimum absolute atomic E-state index is 0.0761. The lowest BCUT2D eigenvalue weighted by atomic mass is 9.94. The average Bonchev–Trinajstić information content (AvgIpc) is 3.30. The highest BCUT2D eigenvalue weighted by molar-refractivity contribution is 5.93. The highest BCUT2D eigenvalue weighted by atomic mass is 16.5. The number of nitrogens with two attached hydrogens (primary N) is 1. The Morgan fingerprint density at radius 3 is 2.44 bits per heavy atom. The molecule has 0 saturated carbocycles. The number of ether oxygens (including phenoxy) is 2. The third-order valence-electron chi connectivity index (χ3n) is 5.67. The number of amides is 2. The molecule has 2 atom stereocenters. The van der Waals surface area contributed by atoms with Crippen LogP contribution in [-0.2, 0) is 35.2 Å². The van der Waals surface area contributed by atoms with Gasteiger partial charge in [0.25, 0.3) is 0 Å². The van der Waals surface area contributed by atoms with E-state index in [1.807, 2.05) is 13.8 Å². The van der Waals surface area contributed by atoms with Gasteiger partial charge in [-0.1, -0.05) is 19.1 Å². The molecule has 0 aromatic carbocycles. The van der Waals surface area contributed by atoms with Crippen molar-refractivity contribution in [1.82, 2.24) is 30.9 Å². The molecule has 5 N–H and O–H groups in total. The van der Waals surface area contributed by atoms with Crippen LogP contribution in [0.4, 0.5) is 0 Å². The minimum atomic E-state index is -0.848. The fourth-order valence-electron chi connectivity index (χ4n) is 3.76. The summed E-state index contributed by atoms with van der Waals surface area (Å²) in [6, 6.07) is -0.699. The summed E-state index contributed by atoms with van der Waals surface area (Å²) in [7, 11) is 0. The quantitative estimate of drug-likeness (QED) is 0.125. The minimum Gasteiger partial charge on any atom is -0.379 e. The normalized spacial score (nSPS) is 13.1. The molecular weight excluding hydrogens is 506 g/mol. The van der Waals surface area contributed by atoms with Crippen LogP contribution in [0, 0.1) is 11.8 Å². The Hall–Kier alpha value is -2.74. The summed E-state index contributed by atoms with van der Waals surface area (Å²) in [6.45, 7) is 9.40. The van der Waals surface area contributed by atoms with Crippen molar-refractivity contribution >= 4 is 23.4 Å². The van der Waals surface area contributed by atoms with Gasteiger partial charge in [0.2, 0.25) is 11.8 Å². The number of carbonyl (C=O) groups excluding carboxylic acids is 4. The van der Waals surface area contributed by atoms with E-state index in [0.717, 1.165) is 0 Å². The summed E-state index contributed by atoms with van der Waals surface area (Å²) in [5, 5.41) is 16.0. The van der Waals surface area contributed by atoms with Gasteiger partial charge < -0.3 is 36.0 Å². The highest BCUT2D eigenvalue weighted by Crippen LogP contribution is 2.14. The van der Waals surface area contributed by atoms with Crippen LogP contribution < -0.4 is 21.7 Å². The van der Waals surface area contributed by atoms with E-state index in [9.17, 15) is 19.2 Å². The van der Waals surface area contributed by atoms with Crippen molar-refractivity contribution < 1.29 is 30.0 Å². The first-order valence-corrected chi connectivity index (χ1v) is 13.6. The number of nitrogens with one attached hydrogen (secondary N) is 3.